The zero-order valence-corrected chi connectivity index (χ0v) is 57.8. The van der Waals surface area contributed by atoms with Crippen LogP contribution in [0.4, 0.5) is 17.1 Å². The quantitative estimate of drug-likeness (QED) is 0.0305. The Morgan fingerprint density at radius 1 is 0.398 bits per heavy atom. The van der Waals surface area contributed by atoms with E-state index in [1.54, 1.807) is 0 Å². The van der Waals surface area contributed by atoms with Gasteiger partial charge in [0.15, 0.2) is 0 Å². The number of halogens is 3. The molecule has 3 aliphatic rings. The van der Waals surface area contributed by atoms with Crippen LogP contribution in [0.5, 0.6) is 0 Å². The molecular weight excluding hydrogens is 1310 g/mol. The number of pyridine rings is 3. The van der Waals surface area contributed by atoms with Crippen LogP contribution < -0.4 is 21.3 Å². The van der Waals surface area contributed by atoms with Crippen molar-refractivity contribution in [3.63, 3.8) is 0 Å². The molecule has 3 fully saturated rings. The van der Waals surface area contributed by atoms with E-state index in [0.29, 0.717) is 0 Å². The fourth-order valence-electron chi connectivity index (χ4n) is 10.3. The molecule has 3 aliphatic carbocycles. The average molecular weight is 1400 g/mol. The van der Waals surface area contributed by atoms with Crippen molar-refractivity contribution in [1.82, 2.24) is 30.1 Å². The minimum Gasteiger partial charge on any atom is -0.545 e. The van der Waals surface area contributed by atoms with Crippen LogP contribution in [-0.4, -0.2) is 153 Å². The van der Waals surface area contributed by atoms with Gasteiger partial charge in [0.05, 0.1) is 16.6 Å². The van der Waals surface area contributed by atoms with E-state index < -0.39 is 0 Å². The number of aromatic nitrogens is 3. The normalized spacial score (nSPS) is 14.9. The molecule has 3 radical (unpaired) electrons. The van der Waals surface area contributed by atoms with Crippen molar-refractivity contribution in [2.24, 2.45) is 29.6 Å². The molecule has 0 aliphatic heterocycles. The molecule has 6 aromatic rings. The zero-order valence-electron chi connectivity index (χ0n) is 52.0. The molecule has 0 spiro atoms. The predicted octanol–water partition coefficient (Wildman–Crippen LogP) is 12.2. The first kappa shape index (κ1) is 102. The molecule has 23 heteroatoms. The Morgan fingerprint density at radius 3 is 1.05 bits per heavy atom. The Bertz CT molecular complexity index is 2580. The number of benzene rings is 3. The van der Waals surface area contributed by atoms with E-state index in [4.69, 9.17) is 73.2 Å². The summed E-state index contributed by atoms with van der Waals surface area (Å²) in [6, 6.07) is 23.8. The Morgan fingerprint density at radius 2 is 0.705 bits per heavy atom. The summed E-state index contributed by atoms with van der Waals surface area (Å²) in [6.45, 7) is 33.5. The molecule has 4 atom stereocenters. The molecule has 3 saturated carbocycles. The summed E-state index contributed by atoms with van der Waals surface area (Å²) in [5.74, 6) is 4.08. The minimum absolute atomic E-state index is 0. The zero-order chi connectivity index (χ0) is 61.5. The number of anilines is 3. The monoisotopic (exact) mass is 1390 g/mol. The molecule has 9 rings (SSSR count). The summed E-state index contributed by atoms with van der Waals surface area (Å²) in [6.07, 6.45) is 19.2. The molecule has 3 aromatic carbocycles. The van der Waals surface area contributed by atoms with Gasteiger partial charge in [-0.1, -0.05) is 60.5 Å². The summed E-state index contributed by atoms with van der Waals surface area (Å²) < 4.78 is 0. The van der Waals surface area contributed by atoms with Crippen molar-refractivity contribution in [2.75, 3.05) is 90.0 Å². The minimum atomic E-state index is 0. The predicted molar refractivity (Wildman–Crippen MR) is 359 cm³/mol. The van der Waals surface area contributed by atoms with E-state index in [-0.39, 0.29) is 80.9 Å². The van der Waals surface area contributed by atoms with E-state index >= 15 is 0 Å². The van der Waals surface area contributed by atoms with Crippen LogP contribution in [0.3, 0.4) is 0 Å². The maximum atomic E-state index is 7.75. The van der Waals surface area contributed by atoms with Gasteiger partial charge in [0, 0.05) is 157 Å². The van der Waals surface area contributed by atoms with Crippen LogP contribution in [0.1, 0.15) is 64.2 Å². The number of hydrogen-bond acceptors (Lipinski definition) is 17. The topological polar surface area (TPSA) is 230 Å². The van der Waals surface area contributed by atoms with Gasteiger partial charge in [0.1, 0.15) is 0 Å². The van der Waals surface area contributed by atoms with Gasteiger partial charge in [-0.3, -0.25) is 69.3 Å². The Balaban J connectivity index is -0.000000132. The van der Waals surface area contributed by atoms with Gasteiger partial charge in [0.2, 0.25) is 0 Å². The fourth-order valence-corrected chi connectivity index (χ4v) is 10.8. The van der Waals surface area contributed by atoms with Crippen LogP contribution in [0.2, 0.25) is 15.1 Å². The molecule has 17 nitrogen and oxygen atoms in total. The first-order chi connectivity index (χ1) is 39.6. The molecule has 4 unspecified atom stereocenters. The summed E-state index contributed by atoms with van der Waals surface area (Å²) >= 11 is 18.1. The van der Waals surface area contributed by atoms with Gasteiger partial charge in [-0.05, 0) is 176 Å². The van der Waals surface area contributed by atoms with E-state index in [2.05, 4.69) is 141 Å². The van der Waals surface area contributed by atoms with Crippen molar-refractivity contribution < 1.29 is 89.6 Å². The number of nitrogens with one attached hydrogen (secondary N) is 4. The van der Waals surface area contributed by atoms with Crippen LogP contribution >= 0.6 is 34.8 Å². The van der Waals surface area contributed by atoms with Gasteiger partial charge in [-0.25, -0.2) is 0 Å². The van der Waals surface area contributed by atoms with Gasteiger partial charge < -0.3 is 99.1 Å². The van der Waals surface area contributed by atoms with Crippen molar-refractivity contribution in [3.05, 3.63) is 136 Å². The molecule has 0 amide bonds. The smallest absolute Gasteiger partial charge is 0.0737 e. The van der Waals surface area contributed by atoms with Gasteiger partial charge in [-0.2, -0.15) is 0 Å². The SMILES string of the molecule is CN(C)CC1CCCC1CNCCNc1ccnc2cc(Cl)ccc12.CN(C)CC1CCCC1CNc1ccnc2cc(Cl)ccc12.Clc1ccc2c(NCC3CCCC3)ccnc2c1.[CH-]=O.[CH-]=O.[CH-]=O.[CH-]=O.[CH-]=O.[CH-]=O.[CH-]=O.[CH-]=O.[CH3-].[CH3-].[CH3-].[CH3-].[Mn].[Mn].[Mn]. The van der Waals surface area contributed by atoms with Crippen LogP contribution in [0.15, 0.2) is 91.4 Å². The Hall–Kier alpha value is -5.04. The molecule has 3 aromatic heterocycles. The maximum Gasteiger partial charge on any atom is 0.0737 e. The molecule has 4 N–H and O–H groups in total. The van der Waals surface area contributed by atoms with Crippen molar-refractivity contribution >= 4 is 139 Å². The third-order valence-corrected chi connectivity index (χ3v) is 14.3. The van der Waals surface area contributed by atoms with Crippen LogP contribution in [0.25, 0.3) is 32.7 Å². The summed E-state index contributed by atoms with van der Waals surface area (Å²) in [4.78, 5) is 79.8. The first-order valence-corrected chi connectivity index (χ1v) is 27.0. The van der Waals surface area contributed by atoms with Gasteiger partial charge in [-0.15, -0.1) is 0 Å². The summed E-state index contributed by atoms with van der Waals surface area (Å²) in [7, 11) is 8.70. The fraction of sp³-hybridized carbons (Fsp3) is 0.400. The van der Waals surface area contributed by atoms with E-state index in [9.17, 15) is 0 Å². The standard InChI is InChI=1S/C20H29ClN4.C18H24ClN3.C15H17ClN2.8CHO.4CH3.3Mn/c1-25(2)14-16-5-3-4-15(16)13-22-10-11-24-19-8-9-23-20-12-17(21)6-7-18(19)20;1-22(2)12-14-5-3-4-13(14)11-21-17-8-9-20-18-10-15(19)6-7-16(17)18;16-12-5-6-13-14(7-8-17-15(13)9-12)18-10-11-3-1-2-4-11;8*1-2;;;;;;;/h6-9,12,15-16,22H,3-5,10-11,13-14H2,1-2H3,(H,23,24);6-10,13-14H,3-5,11-12H2,1-2H3,(H,20,21);5-9,11H,1-4,10H2,(H,17,18);8*1H;4*1H3;;;/q;;;12*-1;;;. The summed E-state index contributed by atoms with van der Waals surface area (Å²) in [5.41, 5.74) is 6.30. The van der Waals surface area contributed by atoms with Crippen molar-refractivity contribution in [2.45, 2.75) is 64.2 Å². The first-order valence-electron chi connectivity index (χ1n) is 25.8. The third kappa shape index (κ3) is 37.8. The second kappa shape index (κ2) is 64.9. The van der Waals surface area contributed by atoms with Crippen molar-refractivity contribution in [3.8, 4) is 0 Å². The Kier molecular flexibility index (Phi) is 75.2. The second-order valence-corrected chi connectivity index (χ2v) is 20.3. The van der Waals surface area contributed by atoms with Crippen molar-refractivity contribution in [1.29, 1.82) is 0 Å². The number of fused-ring (bicyclic) bond motifs is 3. The molecule has 0 bridgehead atoms. The molecule has 88 heavy (non-hydrogen) atoms. The number of nitrogens with zero attached hydrogens (tertiary/aromatic N) is 5. The van der Waals surface area contributed by atoms with Crippen LogP contribution in [0, 0.1) is 59.3 Å². The van der Waals surface area contributed by atoms with E-state index in [1.807, 2.05) is 79.3 Å². The van der Waals surface area contributed by atoms with E-state index in [1.165, 1.54) is 83.0 Å². The largest absolute Gasteiger partial charge is 0.545 e. The Labute approximate surface area is 574 Å². The maximum absolute atomic E-state index is 7.75. The van der Waals surface area contributed by atoms with Gasteiger partial charge in [0.25, 0.3) is 0 Å². The number of hydrogen-bond donors (Lipinski definition) is 4. The number of rotatable bonds is 16. The second-order valence-electron chi connectivity index (χ2n) is 19.0. The molecule has 0 saturated heterocycles. The van der Waals surface area contributed by atoms with Crippen LogP contribution in [-0.2, 0) is 89.6 Å². The van der Waals surface area contributed by atoms with E-state index in [0.717, 1.165) is 121 Å². The molecular formula is C65H90Cl3Mn3N9O8-12. The van der Waals surface area contributed by atoms with Gasteiger partial charge >= 0.3 is 0 Å². The third-order valence-electron chi connectivity index (χ3n) is 13.6. The average Bonchev–Trinajstić information content (AvgIpc) is 4.42. The molecule has 497 valence electrons. The summed E-state index contributed by atoms with van der Waals surface area (Å²) in [5, 5.41) is 20.0. The number of carbonyl (C=O) groups excluding carboxylic acids is 8. The molecule has 3 heterocycles.